The molecule has 1 saturated heterocycles. The zero-order chi connectivity index (χ0) is 26.1. The van der Waals surface area contributed by atoms with Gasteiger partial charge in [-0.3, -0.25) is 14.4 Å². The fourth-order valence-electron chi connectivity index (χ4n) is 5.25. The third kappa shape index (κ3) is 4.70. The highest BCUT2D eigenvalue weighted by Crippen LogP contribution is 2.32. The van der Waals surface area contributed by atoms with E-state index in [1.807, 2.05) is 66.7 Å². The normalized spacial score (nSPS) is 16.1. The number of hydrogen-bond donors (Lipinski definition) is 2. The number of nitrogens with two attached hydrogens (primary N) is 2. The zero-order valence-corrected chi connectivity index (χ0v) is 20.6. The number of pyridine rings is 1. The van der Waals surface area contributed by atoms with Crippen LogP contribution in [0.1, 0.15) is 36.9 Å². The Kier molecular flexibility index (Phi) is 6.48. The van der Waals surface area contributed by atoms with Crippen molar-refractivity contribution >= 4 is 45.1 Å². The van der Waals surface area contributed by atoms with Crippen LogP contribution in [0.5, 0.6) is 0 Å². The number of carbonyl (C=O) groups is 3. The lowest BCUT2D eigenvalue weighted by molar-refractivity contribution is -0.148. The molecule has 3 aromatic carbocycles. The Bertz CT molecular complexity index is 1520. The number of likely N-dealkylation sites (tertiary alicyclic amines) is 1. The number of amides is 3. The van der Waals surface area contributed by atoms with E-state index >= 15 is 0 Å². The van der Waals surface area contributed by atoms with Crippen LogP contribution in [-0.4, -0.2) is 45.1 Å². The van der Waals surface area contributed by atoms with Gasteiger partial charge in [0.05, 0.1) is 0 Å². The summed E-state index contributed by atoms with van der Waals surface area (Å²) in [5.41, 5.74) is 13.2. The topological polar surface area (TPSA) is 123 Å². The van der Waals surface area contributed by atoms with Crippen molar-refractivity contribution in [3.8, 4) is 0 Å². The summed E-state index contributed by atoms with van der Waals surface area (Å²) in [6.07, 6.45) is 2.85. The first-order valence-corrected chi connectivity index (χ1v) is 12.3. The second kappa shape index (κ2) is 9.89. The van der Waals surface area contributed by atoms with E-state index < -0.39 is 18.0 Å². The first-order chi connectivity index (χ1) is 17.8. The van der Waals surface area contributed by atoms with Gasteiger partial charge >= 0.3 is 0 Å². The molecular formula is C29H29N5O3. The van der Waals surface area contributed by atoms with Crippen LogP contribution < -0.4 is 11.5 Å². The second-order valence-electron chi connectivity index (χ2n) is 9.50. The molecule has 2 heterocycles. The smallest absolute Gasteiger partial charge is 0.250 e. The Morgan fingerprint density at radius 1 is 1.03 bits per heavy atom. The van der Waals surface area contributed by atoms with E-state index in [1.165, 1.54) is 11.8 Å². The third-order valence-corrected chi connectivity index (χ3v) is 7.12. The Morgan fingerprint density at radius 3 is 2.57 bits per heavy atom. The van der Waals surface area contributed by atoms with Crippen molar-refractivity contribution in [2.75, 3.05) is 12.3 Å². The summed E-state index contributed by atoms with van der Waals surface area (Å²) >= 11 is 0. The van der Waals surface area contributed by atoms with E-state index in [1.54, 1.807) is 11.1 Å². The van der Waals surface area contributed by atoms with Gasteiger partial charge in [-0.25, -0.2) is 4.98 Å². The highest BCUT2D eigenvalue weighted by molar-refractivity contribution is 5.94. The van der Waals surface area contributed by atoms with E-state index in [2.05, 4.69) is 4.98 Å². The van der Waals surface area contributed by atoms with Crippen molar-refractivity contribution in [2.24, 2.45) is 5.73 Å². The van der Waals surface area contributed by atoms with Crippen LogP contribution in [0.4, 0.5) is 5.82 Å². The van der Waals surface area contributed by atoms with Gasteiger partial charge in [0.2, 0.25) is 11.8 Å². The van der Waals surface area contributed by atoms with E-state index in [0.717, 1.165) is 27.1 Å². The molecule has 0 aliphatic carbocycles. The number of hydrogen-bond acceptors (Lipinski definition) is 5. The van der Waals surface area contributed by atoms with Crippen molar-refractivity contribution in [3.63, 3.8) is 0 Å². The molecule has 1 aliphatic rings. The summed E-state index contributed by atoms with van der Waals surface area (Å²) in [6.45, 7) is 2.08. The third-order valence-electron chi connectivity index (χ3n) is 7.12. The van der Waals surface area contributed by atoms with Crippen molar-refractivity contribution in [1.29, 1.82) is 0 Å². The van der Waals surface area contributed by atoms with Gasteiger partial charge in [-0.2, -0.15) is 0 Å². The summed E-state index contributed by atoms with van der Waals surface area (Å²) in [5, 5.41) is 3.71. The number of aromatic nitrogens is 1. The monoisotopic (exact) mass is 495 g/mol. The summed E-state index contributed by atoms with van der Waals surface area (Å²) in [7, 11) is 0. The maximum atomic E-state index is 14.1. The Morgan fingerprint density at radius 2 is 1.81 bits per heavy atom. The van der Waals surface area contributed by atoms with Crippen molar-refractivity contribution < 1.29 is 14.4 Å². The summed E-state index contributed by atoms with van der Waals surface area (Å²) < 4.78 is 0. The first kappa shape index (κ1) is 24.2. The van der Waals surface area contributed by atoms with Crippen LogP contribution in [0, 0.1) is 0 Å². The van der Waals surface area contributed by atoms with Crippen LogP contribution in [0.3, 0.4) is 0 Å². The molecule has 2 atom stereocenters. The van der Waals surface area contributed by atoms with Gasteiger partial charge in [0.1, 0.15) is 17.9 Å². The predicted octanol–water partition coefficient (Wildman–Crippen LogP) is 3.54. The molecule has 1 aromatic heterocycles. The number of nitrogen functional groups attached to an aromatic ring is 1. The van der Waals surface area contributed by atoms with Crippen LogP contribution in [-0.2, 0) is 20.9 Å². The predicted molar refractivity (Wildman–Crippen MR) is 143 cm³/mol. The SMILES string of the molecule is CC(=O)N(Cc1ccc2c(N)nccc2c1)C(C(=O)N1CCC[C@H]1C(N)=O)c1ccc2ccccc2c1. The second-order valence-corrected chi connectivity index (χ2v) is 9.50. The molecule has 1 unspecified atom stereocenters. The van der Waals surface area contributed by atoms with Gasteiger partial charge < -0.3 is 21.3 Å². The van der Waals surface area contributed by atoms with Gasteiger partial charge in [0.15, 0.2) is 0 Å². The molecular weight excluding hydrogens is 466 g/mol. The van der Waals surface area contributed by atoms with Crippen molar-refractivity contribution in [3.05, 3.63) is 84.1 Å². The summed E-state index contributed by atoms with van der Waals surface area (Å²) in [6, 6.07) is 19.6. The van der Waals surface area contributed by atoms with E-state index in [0.29, 0.717) is 30.8 Å². The molecule has 1 fully saturated rings. The fraction of sp³-hybridized carbons (Fsp3) is 0.241. The van der Waals surface area contributed by atoms with Gasteiger partial charge in [0.25, 0.3) is 5.91 Å². The van der Waals surface area contributed by atoms with Crippen molar-refractivity contribution in [2.45, 2.75) is 38.4 Å². The molecule has 8 nitrogen and oxygen atoms in total. The molecule has 0 spiro atoms. The molecule has 5 rings (SSSR count). The largest absolute Gasteiger partial charge is 0.383 e. The minimum Gasteiger partial charge on any atom is -0.383 e. The number of fused-ring (bicyclic) bond motifs is 2. The van der Waals surface area contributed by atoms with E-state index in [-0.39, 0.29) is 18.4 Å². The molecule has 0 radical (unpaired) electrons. The maximum absolute atomic E-state index is 14.1. The molecule has 8 heteroatoms. The molecule has 188 valence electrons. The fourth-order valence-corrected chi connectivity index (χ4v) is 5.25. The standard InChI is InChI=1S/C29H29N5O3/c1-18(35)34(17-19-8-11-24-22(15-19)12-13-32-27(24)30)26(29(37)33-14-4-7-25(33)28(31)36)23-10-9-20-5-2-3-6-21(20)16-23/h2-3,5-6,8-13,15-16,25-26H,4,7,14,17H2,1H3,(H2,30,32)(H2,31,36)/t25-,26?/m0/s1. The Hall–Kier alpha value is -4.46. The van der Waals surface area contributed by atoms with Gasteiger partial charge in [-0.1, -0.05) is 48.5 Å². The summed E-state index contributed by atoms with van der Waals surface area (Å²) in [4.78, 5) is 46.6. The van der Waals surface area contributed by atoms with Gasteiger partial charge in [-0.15, -0.1) is 0 Å². The average Bonchev–Trinajstić information content (AvgIpc) is 3.39. The molecule has 1 aliphatic heterocycles. The number of anilines is 1. The Balaban J connectivity index is 1.59. The molecule has 4 aromatic rings. The average molecular weight is 496 g/mol. The zero-order valence-electron chi connectivity index (χ0n) is 20.6. The van der Waals surface area contributed by atoms with Crippen LogP contribution in [0.15, 0.2) is 72.9 Å². The first-order valence-electron chi connectivity index (χ1n) is 12.3. The minimum absolute atomic E-state index is 0.200. The number of rotatable bonds is 6. The molecule has 0 saturated carbocycles. The Labute approximate surface area is 214 Å². The van der Waals surface area contributed by atoms with E-state index in [4.69, 9.17) is 11.5 Å². The van der Waals surface area contributed by atoms with E-state index in [9.17, 15) is 14.4 Å². The lowest BCUT2D eigenvalue weighted by atomic mass is 9.98. The number of benzene rings is 3. The lowest BCUT2D eigenvalue weighted by Gasteiger charge is -2.35. The van der Waals surface area contributed by atoms with Crippen molar-refractivity contribution in [1.82, 2.24) is 14.8 Å². The lowest BCUT2D eigenvalue weighted by Crippen LogP contribution is -2.49. The number of primary amides is 1. The molecule has 37 heavy (non-hydrogen) atoms. The van der Waals surface area contributed by atoms with Crippen LogP contribution in [0.25, 0.3) is 21.5 Å². The molecule has 4 N–H and O–H groups in total. The van der Waals surface area contributed by atoms with Gasteiger partial charge in [-0.05, 0) is 58.3 Å². The quantitative estimate of drug-likeness (QED) is 0.424. The summed E-state index contributed by atoms with van der Waals surface area (Å²) in [5.74, 6) is -0.655. The number of nitrogens with zero attached hydrogens (tertiary/aromatic N) is 3. The van der Waals surface area contributed by atoms with Gasteiger partial charge in [0, 0.05) is 31.6 Å². The number of carbonyl (C=O) groups excluding carboxylic acids is 3. The minimum atomic E-state index is -0.916. The molecule has 3 amide bonds. The maximum Gasteiger partial charge on any atom is 0.250 e. The van der Waals surface area contributed by atoms with Crippen LogP contribution >= 0.6 is 0 Å². The highest BCUT2D eigenvalue weighted by atomic mass is 16.2. The molecule has 0 bridgehead atoms. The van der Waals surface area contributed by atoms with Crippen LogP contribution in [0.2, 0.25) is 0 Å². The highest BCUT2D eigenvalue weighted by Gasteiger charge is 2.40.